The molecular formula is C12H17ClN2OS. The van der Waals surface area contributed by atoms with Crippen LogP contribution in [0.1, 0.15) is 18.5 Å². The van der Waals surface area contributed by atoms with Gasteiger partial charge in [0, 0.05) is 25.0 Å². The SMILES string of the molecule is C[C@@H](N)c1ccc(SCC(=O)N(C)C)c(Cl)c1. The zero-order chi connectivity index (χ0) is 13.0. The predicted octanol–water partition coefficient (Wildman–Crippen LogP) is 2.54. The van der Waals surface area contributed by atoms with Gasteiger partial charge in [-0.25, -0.2) is 0 Å². The third-order valence-corrected chi connectivity index (χ3v) is 3.81. The molecule has 94 valence electrons. The van der Waals surface area contributed by atoms with Crippen LogP contribution in [0.5, 0.6) is 0 Å². The van der Waals surface area contributed by atoms with Gasteiger partial charge in [-0.1, -0.05) is 17.7 Å². The van der Waals surface area contributed by atoms with Gasteiger partial charge in [0.25, 0.3) is 0 Å². The molecule has 0 saturated carbocycles. The van der Waals surface area contributed by atoms with E-state index >= 15 is 0 Å². The second-order valence-electron chi connectivity index (χ2n) is 4.06. The maximum absolute atomic E-state index is 11.4. The van der Waals surface area contributed by atoms with E-state index in [2.05, 4.69) is 0 Å². The normalized spacial score (nSPS) is 12.3. The number of hydrogen-bond donors (Lipinski definition) is 1. The van der Waals surface area contributed by atoms with E-state index in [4.69, 9.17) is 17.3 Å². The Hall–Kier alpha value is -0.710. The van der Waals surface area contributed by atoms with Crippen molar-refractivity contribution in [1.29, 1.82) is 0 Å². The van der Waals surface area contributed by atoms with Gasteiger partial charge in [0.1, 0.15) is 0 Å². The summed E-state index contributed by atoms with van der Waals surface area (Å²) in [4.78, 5) is 13.9. The summed E-state index contributed by atoms with van der Waals surface area (Å²) in [6.07, 6.45) is 0. The van der Waals surface area contributed by atoms with E-state index in [-0.39, 0.29) is 11.9 Å². The van der Waals surface area contributed by atoms with Gasteiger partial charge >= 0.3 is 0 Å². The fourth-order valence-electron chi connectivity index (χ4n) is 1.19. The molecule has 0 bridgehead atoms. The monoisotopic (exact) mass is 272 g/mol. The molecule has 0 spiro atoms. The van der Waals surface area contributed by atoms with E-state index in [0.717, 1.165) is 10.5 Å². The van der Waals surface area contributed by atoms with Crippen LogP contribution in [-0.2, 0) is 4.79 Å². The Morgan fingerprint density at radius 3 is 2.65 bits per heavy atom. The maximum atomic E-state index is 11.4. The molecule has 0 aromatic heterocycles. The maximum Gasteiger partial charge on any atom is 0.232 e. The number of carbonyl (C=O) groups excluding carboxylic acids is 1. The summed E-state index contributed by atoms with van der Waals surface area (Å²) in [5.41, 5.74) is 6.77. The fraction of sp³-hybridized carbons (Fsp3) is 0.417. The van der Waals surface area contributed by atoms with Crippen molar-refractivity contribution in [3.8, 4) is 0 Å². The summed E-state index contributed by atoms with van der Waals surface area (Å²) in [5, 5.41) is 0.649. The molecule has 0 fully saturated rings. The first-order valence-corrected chi connectivity index (χ1v) is 6.66. The molecule has 5 heteroatoms. The number of nitrogens with two attached hydrogens (primary N) is 1. The van der Waals surface area contributed by atoms with Crippen molar-refractivity contribution in [3.05, 3.63) is 28.8 Å². The highest BCUT2D eigenvalue weighted by atomic mass is 35.5. The smallest absolute Gasteiger partial charge is 0.232 e. The Bertz CT molecular complexity index is 407. The zero-order valence-corrected chi connectivity index (χ0v) is 11.8. The highest BCUT2D eigenvalue weighted by molar-refractivity contribution is 8.00. The van der Waals surface area contributed by atoms with Gasteiger partial charge in [0.05, 0.1) is 10.8 Å². The number of rotatable bonds is 4. The number of thioether (sulfide) groups is 1. The third-order valence-electron chi connectivity index (χ3n) is 2.33. The van der Waals surface area contributed by atoms with Crippen molar-refractivity contribution < 1.29 is 4.79 Å². The molecular weight excluding hydrogens is 256 g/mol. The first-order chi connectivity index (χ1) is 7.91. The van der Waals surface area contributed by atoms with Crippen molar-refractivity contribution in [2.75, 3.05) is 19.8 Å². The van der Waals surface area contributed by atoms with E-state index in [9.17, 15) is 4.79 Å². The van der Waals surface area contributed by atoms with Gasteiger partial charge in [-0.3, -0.25) is 4.79 Å². The summed E-state index contributed by atoms with van der Waals surface area (Å²) in [5.74, 6) is 0.465. The van der Waals surface area contributed by atoms with E-state index < -0.39 is 0 Å². The largest absolute Gasteiger partial charge is 0.348 e. The molecule has 1 rings (SSSR count). The fourth-order valence-corrected chi connectivity index (χ4v) is 2.44. The van der Waals surface area contributed by atoms with Crippen LogP contribution in [0.2, 0.25) is 5.02 Å². The van der Waals surface area contributed by atoms with Crippen LogP contribution in [0.25, 0.3) is 0 Å². The van der Waals surface area contributed by atoms with Gasteiger partial charge < -0.3 is 10.6 Å². The van der Waals surface area contributed by atoms with Crippen LogP contribution in [0.15, 0.2) is 23.1 Å². The average Bonchev–Trinajstić information content (AvgIpc) is 2.26. The van der Waals surface area contributed by atoms with E-state index in [1.165, 1.54) is 11.8 Å². The number of benzene rings is 1. The van der Waals surface area contributed by atoms with E-state index in [0.29, 0.717) is 10.8 Å². The minimum Gasteiger partial charge on any atom is -0.348 e. The zero-order valence-electron chi connectivity index (χ0n) is 10.2. The van der Waals surface area contributed by atoms with Crippen LogP contribution in [0.3, 0.4) is 0 Å². The summed E-state index contributed by atoms with van der Waals surface area (Å²) in [6.45, 7) is 1.91. The first-order valence-electron chi connectivity index (χ1n) is 5.29. The standard InChI is InChI=1S/C12H17ClN2OS/c1-8(14)9-4-5-11(10(13)6-9)17-7-12(16)15(2)3/h4-6,8H,7,14H2,1-3H3/t8-/m1/s1. The minimum atomic E-state index is -0.0324. The molecule has 0 aliphatic rings. The summed E-state index contributed by atoms with van der Waals surface area (Å²) < 4.78 is 0. The number of hydrogen-bond acceptors (Lipinski definition) is 3. The Morgan fingerprint density at radius 1 is 1.53 bits per heavy atom. The highest BCUT2D eigenvalue weighted by Gasteiger charge is 2.09. The lowest BCUT2D eigenvalue weighted by Gasteiger charge is -2.11. The predicted molar refractivity (Wildman–Crippen MR) is 73.5 cm³/mol. The van der Waals surface area contributed by atoms with Crippen LogP contribution in [0.4, 0.5) is 0 Å². The summed E-state index contributed by atoms with van der Waals surface area (Å²) in [7, 11) is 3.48. The third kappa shape index (κ3) is 4.22. The lowest BCUT2D eigenvalue weighted by atomic mass is 10.1. The van der Waals surface area contributed by atoms with Crippen molar-refractivity contribution in [2.24, 2.45) is 5.73 Å². The molecule has 0 saturated heterocycles. The summed E-state index contributed by atoms with van der Waals surface area (Å²) >= 11 is 7.58. The molecule has 3 nitrogen and oxygen atoms in total. The van der Waals surface area contributed by atoms with Gasteiger partial charge in [0.15, 0.2) is 0 Å². The Balaban J connectivity index is 2.70. The van der Waals surface area contributed by atoms with E-state index in [1.807, 2.05) is 25.1 Å². The average molecular weight is 273 g/mol. The quantitative estimate of drug-likeness (QED) is 0.857. The second kappa shape index (κ2) is 6.28. The molecule has 2 N–H and O–H groups in total. The number of amides is 1. The van der Waals surface area contributed by atoms with Crippen LogP contribution in [0, 0.1) is 0 Å². The van der Waals surface area contributed by atoms with Gasteiger partial charge in [-0.2, -0.15) is 0 Å². The Labute approximate surface area is 111 Å². The molecule has 1 aromatic carbocycles. The minimum absolute atomic E-state index is 0.0324. The molecule has 0 aliphatic carbocycles. The van der Waals surface area contributed by atoms with Gasteiger partial charge in [-0.05, 0) is 24.6 Å². The molecule has 17 heavy (non-hydrogen) atoms. The van der Waals surface area contributed by atoms with Crippen molar-refractivity contribution in [2.45, 2.75) is 17.9 Å². The van der Waals surface area contributed by atoms with Crippen LogP contribution in [-0.4, -0.2) is 30.7 Å². The molecule has 1 amide bonds. The van der Waals surface area contributed by atoms with Crippen molar-refractivity contribution in [3.63, 3.8) is 0 Å². The second-order valence-corrected chi connectivity index (χ2v) is 5.48. The number of carbonyl (C=O) groups is 1. The van der Waals surface area contributed by atoms with Crippen molar-refractivity contribution >= 4 is 29.3 Å². The molecule has 0 unspecified atom stereocenters. The highest BCUT2D eigenvalue weighted by Crippen LogP contribution is 2.29. The van der Waals surface area contributed by atoms with Crippen LogP contribution < -0.4 is 5.73 Å². The van der Waals surface area contributed by atoms with E-state index in [1.54, 1.807) is 19.0 Å². The Kier molecular flexibility index (Phi) is 5.31. The molecule has 0 heterocycles. The molecule has 0 aliphatic heterocycles. The van der Waals surface area contributed by atoms with Gasteiger partial charge in [-0.15, -0.1) is 11.8 Å². The lowest BCUT2D eigenvalue weighted by molar-refractivity contribution is -0.125. The molecule has 1 aromatic rings. The molecule has 1 atom stereocenters. The lowest BCUT2D eigenvalue weighted by Crippen LogP contribution is -2.23. The first kappa shape index (κ1) is 14.4. The van der Waals surface area contributed by atoms with Crippen LogP contribution >= 0.6 is 23.4 Å². The van der Waals surface area contributed by atoms with Gasteiger partial charge in [0.2, 0.25) is 5.91 Å². The molecule has 0 radical (unpaired) electrons. The summed E-state index contributed by atoms with van der Waals surface area (Å²) in [6, 6.07) is 5.68. The Morgan fingerprint density at radius 2 is 2.18 bits per heavy atom. The number of halogens is 1. The number of nitrogens with zero attached hydrogens (tertiary/aromatic N) is 1. The topological polar surface area (TPSA) is 46.3 Å². The van der Waals surface area contributed by atoms with Crippen molar-refractivity contribution in [1.82, 2.24) is 4.90 Å².